The fraction of sp³-hybridized carbons (Fsp3) is 0.158. The van der Waals surface area contributed by atoms with E-state index in [1.807, 2.05) is 0 Å². The predicted octanol–water partition coefficient (Wildman–Crippen LogP) is 4.22. The quantitative estimate of drug-likeness (QED) is 0.523. The van der Waals surface area contributed by atoms with E-state index in [4.69, 9.17) is 23.2 Å². The molecule has 3 heterocycles. The molecule has 4 rings (SSSR count). The number of rotatable bonds is 4. The van der Waals surface area contributed by atoms with Crippen molar-refractivity contribution in [3.8, 4) is 0 Å². The lowest BCUT2D eigenvalue weighted by atomic mass is 10.1. The molecule has 1 amide bonds. The van der Waals surface area contributed by atoms with Crippen molar-refractivity contribution in [3.05, 3.63) is 69.3 Å². The van der Waals surface area contributed by atoms with Gasteiger partial charge in [0.25, 0.3) is 5.91 Å². The number of hydrogen-bond donors (Lipinski definition) is 1. The monoisotopic (exact) mass is 432 g/mol. The van der Waals surface area contributed by atoms with Crippen LogP contribution < -0.4 is 5.32 Å². The lowest BCUT2D eigenvalue weighted by molar-refractivity contribution is 0.102. The Hall–Kier alpha value is -2.97. The number of carbonyl (C=O) groups is 1. The zero-order valence-electron chi connectivity index (χ0n) is 15.4. The van der Waals surface area contributed by atoms with E-state index in [9.17, 15) is 9.18 Å². The van der Waals surface area contributed by atoms with E-state index in [1.165, 1.54) is 23.0 Å². The summed E-state index contributed by atoms with van der Waals surface area (Å²) in [5.74, 6) is -0.679. The average molecular weight is 433 g/mol. The zero-order valence-corrected chi connectivity index (χ0v) is 17.0. The standard InChI is InChI=1S/C19H15Cl2FN6O/c1-10-6-11(12-7-23-27(2)18(12)24-10)19(29)25-17-15(21)9-28(26-17)8-13-14(20)4-3-5-16(13)22/h3-7,9H,8H2,1-2H3,(H,25,26,29). The highest BCUT2D eigenvalue weighted by molar-refractivity contribution is 6.33. The number of carbonyl (C=O) groups excluding carboxylic acids is 1. The fourth-order valence-corrected chi connectivity index (χ4v) is 3.43. The van der Waals surface area contributed by atoms with E-state index in [0.717, 1.165) is 0 Å². The van der Waals surface area contributed by atoms with Crippen LogP contribution in [0.5, 0.6) is 0 Å². The number of benzene rings is 1. The molecule has 29 heavy (non-hydrogen) atoms. The van der Waals surface area contributed by atoms with Crippen molar-refractivity contribution in [3.63, 3.8) is 0 Å². The third kappa shape index (κ3) is 3.68. The Kier molecular flexibility index (Phi) is 4.97. The second-order valence-electron chi connectivity index (χ2n) is 6.49. The summed E-state index contributed by atoms with van der Waals surface area (Å²) in [7, 11) is 1.75. The molecule has 0 bridgehead atoms. The van der Waals surface area contributed by atoms with Crippen molar-refractivity contribution >= 4 is 46.0 Å². The fourth-order valence-electron chi connectivity index (χ4n) is 3.01. The van der Waals surface area contributed by atoms with Crippen molar-refractivity contribution in [1.82, 2.24) is 24.5 Å². The minimum atomic E-state index is -0.444. The maximum atomic E-state index is 14.0. The van der Waals surface area contributed by atoms with E-state index >= 15 is 0 Å². The molecule has 0 unspecified atom stereocenters. The molecular weight excluding hydrogens is 418 g/mol. The normalized spacial score (nSPS) is 11.2. The Balaban J connectivity index is 1.62. The van der Waals surface area contributed by atoms with E-state index in [1.54, 1.807) is 37.0 Å². The Bertz CT molecular complexity index is 1230. The highest BCUT2D eigenvalue weighted by Crippen LogP contribution is 2.25. The minimum Gasteiger partial charge on any atom is -0.304 e. The van der Waals surface area contributed by atoms with Gasteiger partial charge < -0.3 is 5.32 Å². The lowest BCUT2D eigenvalue weighted by Gasteiger charge is -2.07. The van der Waals surface area contributed by atoms with Crippen molar-refractivity contribution in [2.75, 3.05) is 5.32 Å². The van der Waals surface area contributed by atoms with Gasteiger partial charge in [0.05, 0.1) is 23.7 Å². The first-order valence-corrected chi connectivity index (χ1v) is 9.35. The number of amides is 1. The molecule has 0 saturated heterocycles. The van der Waals surface area contributed by atoms with Crippen molar-refractivity contribution in [2.24, 2.45) is 7.05 Å². The molecule has 0 aliphatic rings. The number of fused-ring (bicyclic) bond motifs is 1. The summed E-state index contributed by atoms with van der Waals surface area (Å²) in [6.07, 6.45) is 3.08. The number of aromatic nitrogens is 5. The summed E-state index contributed by atoms with van der Waals surface area (Å²) < 4.78 is 17.0. The van der Waals surface area contributed by atoms with Crippen LogP contribution in [-0.2, 0) is 13.6 Å². The molecule has 1 aromatic carbocycles. The number of pyridine rings is 1. The molecule has 0 aliphatic heterocycles. The van der Waals surface area contributed by atoms with Crippen LogP contribution in [0.4, 0.5) is 10.2 Å². The molecule has 0 radical (unpaired) electrons. The first-order chi connectivity index (χ1) is 13.8. The minimum absolute atomic E-state index is 0.0717. The van der Waals surface area contributed by atoms with Crippen LogP contribution in [0.15, 0.2) is 36.7 Å². The Morgan fingerprint density at radius 2 is 2.07 bits per heavy atom. The van der Waals surface area contributed by atoms with Gasteiger partial charge in [-0.15, -0.1) is 0 Å². The molecule has 10 heteroatoms. The topological polar surface area (TPSA) is 77.6 Å². The second-order valence-corrected chi connectivity index (χ2v) is 7.31. The van der Waals surface area contributed by atoms with E-state index < -0.39 is 11.7 Å². The average Bonchev–Trinajstić information content (AvgIpc) is 3.20. The largest absolute Gasteiger partial charge is 0.304 e. The summed E-state index contributed by atoms with van der Waals surface area (Å²) in [5, 5.41) is 12.2. The molecule has 0 spiro atoms. The Morgan fingerprint density at radius 1 is 1.28 bits per heavy atom. The molecule has 3 aromatic heterocycles. The summed E-state index contributed by atoms with van der Waals surface area (Å²) in [6.45, 7) is 1.87. The van der Waals surface area contributed by atoms with Gasteiger partial charge in [0.2, 0.25) is 0 Å². The molecule has 4 aromatic rings. The molecule has 0 fully saturated rings. The number of halogens is 3. The first kappa shape index (κ1) is 19.4. The maximum Gasteiger partial charge on any atom is 0.257 e. The van der Waals surface area contributed by atoms with Crippen molar-refractivity contribution < 1.29 is 9.18 Å². The van der Waals surface area contributed by atoms with E-state index in [2.05, 4.69) is 20.5 Å². The third-order valence-corrected chi connectivity index (χ3v) is 5.04. The van der Waals surface area contributed by atoms with Gasteiger partial charge in [-0.3, -0.25) is 14.2 Å². The molecule has 1 N–H and O–H groups in total. The van der Waals surface area contributed by atoms with Crippen LogP contribution in [0, 0.1) is 12.7 Å². The molecule has 148 valence electrons. The van der Waals surface area contributed by atoms with E-state index in [0.29, 0.717) is 22.3 Å². The summed E-state index contributed by atoms with van der Waals surface area (Å²) in [6, 6.07) is 6.11. The number of anilines is 1. The Labute approximate surface area is 175 Å². The molecule has 0 atom stereocenters. The number of nitrogens with zero attached hydrogens (tertiary/aromatic N) is 5. The van der Waals surface area contributed by atoms with Crippen LogP contribution in [0.25, 0.3) is 11.0 Å². The van der Waals surface area contributed by atoms with Gasteiger partial charge in [-0.25, -0.2) is 9.37 Å². The van der Waals surface area contributed by atoms with Gasteiger partial charge in [-0.05, 0) is 25.1 Å². The number of hydrogen-bond acceptors (Lipinski definition) is 4. The highest BCUT2D eigenvalue weighted by Gasteiger charge is 2.18. The Morgan fingerprint density at radius 3 is 2.83 bits per heavy atom. The maximum absolute atomic E-state index is 14.0. The van der Waals surface area contributed by atoms with Gasteiger partial charge in [-0.2, -0.15) is 10.2 Å². The van der Waals surface area contributed by atoms with Gasteiger partial charge in [0, 0.05) is 29.5 Å². The van der Waals surface area contributed by atoms with Gasteiger partial charge >= 0.3 is 0 Å². The van der Waals surface area contributed by atoms with E-state index in [-0.39, 0.29) is 28.0 Å². The first-order valence-electron chi connectivity index (χ1n) is 8.60. The van der Waals surface area contributed by atoms with Gasteiger partial charge in [-0.1, -0.05) is 29.3 Å². The van der Waals surface area contributed by atoms with Crippen LogP contribution in [0.3, 0.4) is 0 Å². The number of nitrogens with one attached hydrogen (secondary N) is 1. The summed E-state index contributed by atoms with van der Waals surface area (Å²) in [4.78, 5) is 17.2. The summed E-state index contributed by atoms with van der Waals surface area (Å²) >= 11 is 12.3. The van der Waals surface area contributed by atoms with Crippen molar-refractivity contribution in [2.45, 2.75) is 13.5 Å². The second kappa shape index (κ2) is 7.46. The van der Waals surface area contributed by atoms with Crippen LogP contribution in [0.1, 0.15) is 21.6 Å². The summed E-state index contributed by atoms with van der Waals surface area (Å²) in [5.41, 5.74) is 1.97. The van der Waals surface area contributed by atoms with Gasteiger partial charge in [0.15, 0.2) is 11.5 Å². The highest BCUT2D eigenvalue weighted by atomic mass is 35.5. The third-order valence-electron chi connectivity index (χ3n) is 4.41. The smallest absolute Gasteiger partial charge is 0.257 e. The molecular formula is C19H15Cl2FN6O. The molecule has 7 nitrogen and oxygen atoms in total. The zero-order chi connectivity index (χ0) is 20.7. The predicted molar refractivity (Wildman–Crippen MR) is 109 cm³/mol. The molecule has 0 saturated carbocycles. The number of aryl methyl sites for hydroxylation is 2. The molecule has 0 aliphatic carbocycles. The lowest BCUT2D eigenvalue weighted by Crippen LogP contribution is -2.14. The van der Waals surface area contributed by atoms with Gasteiger partial charge in [0.1, 0.15) is 10.8 Å². The van der Waals surface area contributed by atoms with Crippen molar-refractivity contribution in [1.29, 1.82) is 0 Å². The SMILES string of the molecule is Cc1cc(C(=O)Nc2nn(Cc3c(F)cccc3Cl)cc2Cl)c2cnn(C)c2n1. The van der Waals surface area contributed by atoms with Crippen LogP contribution in [-0.4, -0.2) is 30.5 Å². The van der Waals surface area contributed by atoms with Crippen LogP contribution in [0.2, 0.25) is 10.0 Å². The van der Waals surface area contributed by atoms with Crippen LogP contribution >= 0.6 is 23.2 Å².